The maximum absolute atomic E-state index is 12.4. The summed E-state index contributed by atoms with van der Waals surface area (Å²) in [4.78, 5) is 14.8. The van der Waals surface area contributed by atoms with E-state index >= 15 is 0 Å². The number of amides is 2. The van der Waals surface area contributed by atoms with Crippen molar-refractivity contribution in [1.29, 1.82) is 0 Å². The number of hydrogen-bond acceptors (Lipinski definition) is 2. The first-order valence-corrected chi connectivity index (χ1v) is 11.5. The molecule has 0 spiro atoms. The lowest BCUT2D eigenvalue weighted by Gasteiger charge is -2.24. The van der Waals surface area contributed by atoms with Gasteiger partial charge in [0.2, 0.25) is 0 Å². The molecular weight excluding hydrogens is 464 g/mol. The molecule has 1 unspecified atom stereocenters. The zero-order valence-corrected chi connectivity index (χ0v) is 20.2. The Morgan fingerprint density at radius 3 is 2.20 bits per heavy atom. The lowest BCUT2D eigenvalue weighted by molar-refractivity contribution is 0.249. The summed E-state index contributed by atoms with van der Waals surface area (Å²) in [5.41, 5.74) is 1.62. The second-order valence-corrected chi connectivity index (χ2v) is 8.69. The summed E-state index contributed by atoms with van der Waals surface area (Å²) in [6, 6.07) is 10.3. The maximum atomic E-state index is 12.4. The van der Waals surface area contributed by atoms with Gasteiger partial charge in [-0.05, 0) is 68.4 Å². The average Bonchev–Trinajstić information content (AvgIpc) is 2.72. The van der Waals surface area contributed by atoms with Crippen LogP contribution >= 0.6 is 46.4 Å². The fourth-order valence-electron chi connectivity index (χ4n) is 3.20. The number of carbonyl (C=O) groups is 1. The van der Waals surface area contributed by atoms with Gasteiger partial charge in [-0.3, -0.25) is 0 Å². The Balaban J connectivity index is 2.04. The SMILES string of the molecule is CCCN(CC)CCC(CNC(=O)Nc1ccc(Cl)c(Cl)c1)c1ccc(Cl)c(Cl)c1. The molecule has 164 valence electrons. The number of anilines is 1. The smallest absolute Gasteiger partial charge is 0.319 e. The van der Waals surface area contributed by atoms with Crippen LogP contribution in [0.1, 0.15) is 38.2 Å². The van der Waals surface area contributed by atoms with E-state index in [1.165, 1.54) is 0 Å². The van der Waals surface area contributed by atoms with Crippen LogP contribution in [0.25, 0.3) is 0 Å². The highest BCUT2D eigenvalue weighted by Gasteiger charge is 2.16. The van der Waals surface area contributed by atoms with Crippen molar-refractivity contribution in [1.82, 2.24) is 10.2 Å². The molecule has 1 atom stereocenters. The molecule has 4 nitrogen and oxygen atoms in total. The van der Waals surface area contributed by atoms with Crippen LogP contribution in [0.4, 0.5) is 10.5 Å². The van der Waals surface area contributed by atoms with E-state index in [1.807, 2.05) is 12.1 Å². The number of rotatable bonds is 10. The minimum Gasteiger partial charge on any atom is -0.337 e. The second-order valence-electron chi connectivity index (χ2n) is 7.06. The first-order valence-electron chi connectivity index (χ1n) is 10.0. The van der Waals surface area contributed by atoms with E-state index in [-0.39, 0.29) is 11.9 Å². The second kappa shape index (κ2) is 12.6. The van der Waals surface area contributed by atoms with E-state index in [2.05, 4.69) is 29.4 Å². The molecule has 0 aliphatic rings. The maximum Gasteiger partial charge on any atom is 0.319 e. The van der Waals surface area contributed by atoms with Gasteiger partial charge in [-0.15, -0.1) is 0 Å². The van der Waals surface area contributed by atoms with Crippen molar-refractivity contribution in [3.05, 3.63) is 62.1 Å². The highest BCUT2D eigenvalue weighted by Crippen LogP contribution is 2.28. The molecule has 0 saturated heterocycles. The number of hydrogen-bond donors (Lipinski definition) is 2. The summed E-state index contributed by atoms with van der Waals surface area (Å²) in [5.74, 6) is 0.102. The molecule has 0 aliphatic carbocycles. The fourth-order valence-corrected chi connectivity index (χ4v) is 3.81. The largest absolute Gasteiger partial charge is 0.337 e. The summed E-state index contributed by atoms with van der Waals surface area (Å²) < 4.78 is 0. The van der Waals surface area contributed by atoms with Gasteiger partial charge in [-0.1, -0.05) is 66.3 Å². The average molecular weight is 491 g/mol. The zero-order chi connectivity index (χ0) is 22.1. The van der Waals surface area contributed by atoms with Crippen LogP contribution in [0.5, 0.6) is 0 Å². The molecular formula is C22H27Cl4N3O. The molecule has 0 heterocycles. The van der Waals surface area contributed by atoms with E-state index < -0.39 is 0 Å². The number of carbonyl (C=O) groups excluding carboxylic acids is 1. The van der Waals surface area contributed by atoms with Gasteiger partial charge in [0, 0.05) is 18.2 Å². The molecule has 2 amide bonds. The van der Waals surface area contributed by atoms with Crippen LogP contribution in [0, 0.1) is 0 Å². The molecule has 0 saturated carbocycles. The summed E-state index contributed by atoms with van der Waals surface area (Å²) in [6.07, 6.45) is 1.99. The van der Waals surface area contributed by atoms with Gasteiger partial charge in [0.05, 0.1) is 20.1 Å². The topological polar surface area (TPSA) is 44.4 Å². The minimum atomic E-state index is -0.306. The van der Waals surface area contributed by atoms with E-state index in [0.29, 0.717) is 32.3 Å². The van der Waals surface area contributed by atoms with E-state index in [4.69, 9.17) is 46.4 Å². The van der Waals surface area contributed by atoms with Crippen LogP contribution in [0.2, 0.25) is 20.1 Å². The van der Waals surface area contributed by atoms with Crippen molar-refractivity contribution in [2.45, 2.75) is 32.6 Å². The third-order valence-electron chi connectivity index (χ3n) is 4.88. The Morgan fingerprint density at radius 1 is 0.933 bits per heavy atom. The van der Waals surface area contributed by atoms with Crippen LogP contribution in [-0.4, -0.2) is 37.1 Å². The highest BCUT2D eigenvalue weighted by molar-refractivity contribution is 6.42. The van der Waals surface area contributed by atoms with E-state index in [0.717, 1.165) is 38.0 Å². The Labute approximate surface area is 198 Å². The standard InChI is InChI=1S/C22H27Cl4N3O/c1-3-10-29(4-2)11-9-16(15-5-7-18(23)20(25)12-15)14-27-22(30)28-17-6-8-19(24)21(26)13-17/h5-8,12-13,16H,3-4,9-11,14H2,1-2H3,(H2,27,28,30). The van der Waals surface area contributed by atoms with Crippen molar-refractivity contribution in [2.75, 3.05) is 31.5 Å². The highest BCUT2D eigenvalue weighted by atomic mass is 35.5. The van der Waals surface area contributed by atoms with Crippen molar-refractivity contribution in [3.8, 4) is 0 Å². The first-order chi connectivity index (χ1) is 14.3. The normalized spacial score (nSPS) is 12.1. The molecule has 0 radical (unpaired) electrons. The van der Waals surface area contributed by atoms with Gasteiger partial charge >= 0.3 is 6.03 Å². The van der Waals surface area contributed by atoms with Gasteiger partial charge < -0.3 is 15.5 Å². The van der Waals surface area contributed by atoms with Crippen molar-refractivity contribution < 1.29 is 4.79 Å². The summed E-state index contributed by atoms with van der Waals surface area (Å²) in [5, 5.41) is 7.59. The third kappa shape index (κ3) is 7.82. The molecule has 0 bridgehead atoms. The van der Waals surface area contributed by atoms with Gasteiger partial charge in [0.1, 0.15) is 0 Å². The van der Waals surface area contributed by atoms with Gasteiger partial charge in [0.25, 0.3) is 0 Å². The lowest BCUT2D eigenvalue weighted by atomic mass is 9.95. The van der Waals surface area contributed by atoms with Crippen molar-refractivity contribution >= 4 is 58.1 Å². The summed E-state index contributed by atoms with van der Waals surface area (Å²) >= 11 is 24.2. The zero-order valence-electron chi connectivity index (χ0n) is 17.2. The molecule has 8 heteroatoms. The van der Waals surface area contributed by atoms with Crippen molar-refractivity contribution in [2.24, 2.45) is 0 Å². The number of nitrogens with one attached hydrogen (secondary N) is 2. The van der Waals surface area contributed by atoms with Crippen LogP contribution in [0.3, 0.4) is 0 Å². The summed E-state index contributed by atoms with van der Waals surface area (Å²) in [7, 11) is 0. The molecule has 0 aliphatic heterocycles. The van der Waals surface area contributed by atoms with Gasteiger partial charge in [-0.2, -0.15) is 0 Å². The number of benzene rings is 2. The molecule has 2 N–H and O–H groups in total. The Hall–Kier alpha value is -1.17. The predicted molar refractivity (Wildman–Crippen MR) is 130 cm³/mol. The quantitative estimate of drug-likeness (QED) is 0.366. The van der Waals surface area contributed by atoms with Crippen LogP contribution in [-0.2, 0) is 0 Å². The van der Waals surface area contributed by atoms with Crippen LogP contribution < -0.4 is 10.6 Å². The fraction of sp³-hybridized carbons (Fsp3) is 0.409. The molecule has 2 aromatic carbocycles. The molecule has 0 fully saturated rings. The third-order valence-corrected chi connectivity index (χ3v) is 6.36. The Morgan fingerprint density at radius 2 is 1.60 bits per heavy atom. The van der Waals surface area contributed by atoms with E-state index in [9.17, 15) is 4.79 Å². The number of urea groups is 1. The van der Waals surface area contributed by atoms with Gasteiger partial charge in [0.15, 0.2) is 0 Å². The van der Waals surface area contributed by atoms with Crippen molar-refractivity contribution in [3.63, 3.8) is 0 Å². The first kappa shape index (κ1) is 25.1. The monoisotopic (exact) mass is 489 g/mol. The minimum absolute atomic E-state index is 0.102. The molecule has 30 heavy (non-hydrogen) atoms. The predicted octanol–water partition coefficient (Wildman–Crippen LogP) is 7.33. The van der Waals surface area contributed by atoms with Crippen LogP contribution in [0.15, 0.2) is 36.4 Å². The lowest BCUT2D eigenvalue weighted by Crippen LogP contribution is -2.34. The molecule has 2 aromatic rings. The Bertz CT molecular complexity index is 847. The number of halogens is 4. The Kier molecular flexibility index (Phi) is 10.6. The van der Waals surface area contributed by atoms with Gasteiger partial charge in [-0.25, -0.2) is 4.79 Å². The summed E-state index contributed by atoms with van der Waals surface area (Å²) in [6.45, 7) is 7.78. The van der Waals surface area contributed by atoms with E-state index in [1.54, 1.807) is 24.3 Å². The number of nitrogens with zero attached hydrogens (tertiary/aromatic N) is 1. The molecule has 0 aromatic heterocycles. The molecule has 2 rings (SSSR count).